The van der Waals surface area contributed by atoms with Gasteiger partial charge >= 0.3 is 0 Å². The van der Waals surface area contributed by atoms with Crippen molar-refractivity contribution in [2.75, 3.05) is 5.75 Å². The van der Waals surface area contributed by atoms with E-state index in [1.54, 1.807) is 23.1 Å². The van der Waals surface area contributed by atoms with Gasteiger partial charge < -0.3 is 10.2 Å². The lowest BCUT2D eigenvalue weighted by Gasteiger charge is -2.32. The Kier molecular flexibility index (Phi) is 10.4. The van der Waals surface area contributed by atoms with Gasteiger partial charge in [0, 0.05) is 30.3 Å². The second kappa shape index (κ2) is 13.7. The Labute approximate surface area is 211 Å². The lowest BCUT2D eigenvalue weighted by molar-refractivity contribution is -0.139. The van der Waals surface area contributed by atoms with Crippen molar-refractivity contribution in [1.29, 1.82) is 0 Å². The third kappa shape index (κ3) is 8.25. The molecule has 35 heavy (non-hydrogen) atoms. The molecule has 0 aromatic heterocycles. The van der Waals surface area contributed by atoms with Crippen molar-refractivity contribution in [3.05, 3.63) is 107 Å². The quantitative estimate of drug-likeness (QED) is 0.357. The van der Waals surface area contributed by atoms with Gasteiger partial charge in [0.05, 0.1) is 5.75 Å². The lowest BCUT2D eigenvalue weighted by atomic mass is 10.0. The Morgan fingerprint density at radius 3 is 2.14 bits per heavy atom. The first-order valence-electron chi connectivity index (χ1n) is 12.0. The molecule has 0 fully saturated rings. The molecule has 0 aliphatic rings. The Bertz CT molecular complexity index is 1080. The number of rotatable bonds is 12. The molecule has 0 aliphatic heterocycles. The number of benzene rings is 3. The van der Waals surface area contributed by atoms with Gasteiger partial charge in [-0.1, -0.05) is 85.8 Å². The van der Waals surface area contributed by atoms with Gasteiger partial charge in [0.1, 0.15) is 11.9 Å². The highest BCUT2D eigenvalue weighted by Crippen LogP contribution is 2.20. The molecule has 0 spiro atoms. The predicted molar refractivity (Wildman–Crippen MR) is 141 cm³/mol. The van der Waals surface area contributed by atoms with Gasteiger partial charge in [0.2, 0.25) is 11.8 Å². The van der Waals surface area contributed by atoms with E-state index in [2.05, 4.69) is 5.32 Å². The molecule has 0 heterocycles. The molecule has 3 rings (SSSR count). The van der Waals surface area contributed by atoms with Gasteiger partial charge in [-0.3, -0.25) is 9.59 Å². The van der Waals surface area contributed by atoms with Gasteiger partial charge in [0.15, 0.2) is 0 Å². The second-order valence-corrected chi connectivity index (χ2v) is 9.60. The van der Waals surface area contributed by atoms with E-state index in [0.717, 1.165) is 17.5 Å². The molecule has 4 nitrogen and oxygen atoms in total. The Morgan fingerprint density at radius 2 is 1.51 bits per heavy atom. The van der Waals surface area contributed by atoms with Crippen LogP contribution in [0.15, 0.2) is 84.9 Å². The maximum atomic E-state index is 14.6. The molecule has 0 radical (unpaired) electrons. The van der Waals surface area contributed by atoms with Crippen LogP contribution in [0.2, 0.25) is 0 Å². The highest BCUT2D eigenvalue weighted by atomic mass is 32.2. The average molecular weight is 493 g/mol. The number of carbonyl (C=O) groups excluding carboxylic acids is 2. The third-order valence-corrected chi connectivity index (χ3v) is 6.90. The van der Waals surface area contributed by atoms with Gasteiger partial charge in [0.25, 0.3) is 0 Å². The van der Waals surface area contributed by atoms with Crippen LogP contribution in [0.1, 0.15) is 37.0 Å². The van der Waals surface area contributed by atoms with Crippen molar-refractivity contribution in [3.8, 4) is 0 Å². The fraction of sp³-hybridized carbons (Fsp3) is 0.310. The Hall–Kier alpha value is -3.12. The van der Waals surface area contributed by atoms with Gasteiger partial charge in [-0.05, 0) is 30.5 Å². The molecule has 0 saturated carbocycles. The topological polar surface area (TPSA) is 49.4 Å². The molecule has 1 N–H and O–H groups in total. The van der Waals surface area contributed by atoms with Crippen molar-refractivity contribution in [1.82, 2.24) is 10.2 Å². The fourth-order valence-corrected chi connectivity index (χ4v) is 4.59. The summed E-state index contributed by atoms with van der Waals surface area (Å²) in [6.07, 6.45) is 1.13. The minimum absolute atomic E-state index is 0.0290. The average Bonchev–Trinajstić information content (AvgIpc) is 2.88. The van der Waals surface area contributed by atoms with Crippen LogP contribution >= 0.6 is 11.8 Å². The van der Waals surface area contributed by atoms with Crippen LogP contribution in [0, 0.1) is 5.82 Å². The summed E-state index contributed by atoms with van der Waals surface area (Å²) in [6, 6.07) is 25.2. The summed E-state index contributed by atoms with van der Waals surface area (Å²) in [5.74, 6) is 0.0896. The number of nitrogens with zero attached hydrogens (tertiary/aromatic N) is 1. The van der Waals surface area contributed by atoms with E-state index in [1.165, 1.54) is 17.8 Å². The van der Waals surface area contributed by atoms with Crippen LogP contribution < -0.4 is 5.32 Å². The van der Waals surface area contributed by atoms with Crippen LogP contribution in [0.25, 0.3) is 0 Å². The fourth-order valence-electron chi connectivity index (χ4n) is 3.72. The number of hydrogen-bond acceptors (Lipinski definition) is 3. The van der Waals surface area contributed by atoms with Crippen LogP contribution in [-0.4, -0.2) is 34.6 Å². The van der Waals surface area contributed by atoms with E-state index < -0.39 is 6.04 Å². The van der Waals surface area contributed by atoms with Crippen LogP contribution in [-0.2, 0) is 28.3 Å². The first-order valence-corrected chi connectivity index (χ1v) is 13.1. The zero-order chi connectivity index (χ0) is 25.0. The molecule has 3 aromatic rings. The zero-order valence-electron chi connectivity index (χ0n) is 20.3. The van der Waals surface area contributed by atoms with E-state index in [-0.39, 0.29) is 36.0 Å². The number of halogens is 1. The second-order valence-electron chi connectivity index (χ2n) is 8.61. The van der Waals surface area contributed by atoms with Gasteiger partial charge in [-0.2, -0.15) is 0 Å². The lowest BCUT2D eigenvalue weighted by Crippen LogP contribution is -2.52. The van der Waals surface area contributed by atoms with Gasteiger partial charge in [-0.15, -0.1) is 11.8 Å². The minimum Gasteiger partial charge on any atom is -0.352 e. The monoisotopic (exact) mass is 492 g/mol. The Balaban J connectivity index is 1.87. The number of carbonyl (C=O) groups is 2. The van der Waals surface area contributed by atoms with Crippen LogP contribution in [0.4, 0.5) is 4.39 Å². The third-order valence-electron chi connectivity index (χ3n) is 5.91. The van der Waals surface area contributed by atoms with E-state index in [9.17, 15) is 14.0 Å². The standard InChI is InChI=1S/C29H33FN2O2S/c1-3-22(2)31-29(34)27(18-23-12-6-4-7-13-23)32(19-25-16-10-11-17-26(25)30)28(33)21-35-20-24-14-8-5-9-15-24/h4-17,22,27H,3,18-21H2,1-2H3,(H,31,34)/t22-,27-/m0/s1. The molecule has 2 atom stereocenters. The summed E-state index contributed by atoms with van der Waals surface area (Å²) in [7, 11) is 0. The Morgan fingerprint density at radius 1 is 0.914 bits per heavy atom. The molecule has 184 valence electrons. The largest absolute Gasteiger partial charge is 0.352 e. The van der Waals surface area contributed by atoms with Crippen molar-refractivity contribution < 1.29 is 14.0 Å². The summed E-state index contributed by atoms with van der Waals surface area (Å²) in [4.78, 5) is 28.5. The van der Waals surface area contributed by atoms with Gasteiger partial charge in [-0.25, -0.2) is 4.39 Å². The first kappa shape index (κ1) is 26.5. The first-order chi connectivity index (χ1) is 17.0. The highest BCUT2D eigenvalue weighted by molar-refractivity contribution is 7.99. The van der Waals surface area contributed by atoms with Crippen molar-refractivity contribution in [3.63, 3.8) is 0 Å². The normalized spacial score (nSPS) is 12.5. The SMILES string of the molecule is CC[C@H](C)NC(=O)[C@H](Cc1ccccc1)N(Cc1ccccc1F)C(=O)CSCc1ccccc1. The van der Waals surface area contributed by atoms with Crippen molar-refractivity contribution in [2.24, 2.45) is 0 Å². The van der Waals surface area contributed by atoms with Crippen molar-refractivity contribution in [2.45, 2.75) is 51.1 Å². The molecule has 6 heteroatoms. The number of hydrogen-bond donors (Lipinski definition) is 1. The summed E-state index contributed by atoms with van der Waals surface area (Å²) >= 11 is 1.49. The predicted octanol–water partition coefficient (Wildman–Crippen LogP) is 5.61. The summed E-state index contributed by atoms with van der Waals surface area (Å²) in [6.45, 7) is 3.97. The van der Waals surface area contributed by atoms with E-state index >= 15 is 0 Å². The summed E-state index contributed by atoms with van der Waals surface area (Å²) in [5, 5.41) is 3.03. The minimum atomic E-state index is -0.754. The maximum Gasteiger partial charge on any atom is 0.243 e. The molecule has 0 saturated heterocycles. The zero-order valence-corrected chi connectivity index (χ0v) is 21.1. The summed E-state index contributed by atoms with van der Waals surface area (Å²) < 4.78 is 14.6. The number of amides is 2. The highest BCUT2D eigenvalue weighted by Gasteiger charge is 2.31. The molecule has 0 bridgehead atoms. The van der Waals surface area contributed by atoms with Crippen molar-refractivity contribution >= 4 is 23.6 Å². The molecule has 2 amide bonds. The molecular formula is C29H33FN2O2S. The maximum absolute atomic E-state index is 14.6. The molecule has 0 unspecified atom stereocenters. The molecule has 0 aliphatic carbocycles. The van der Waals surface area contributed by atoms with E-state index in [4.69, 9.17) is 0 Å². The molecular weight excluding hydrogens is 459 g/mol. The van der Waals surface area contributed by atoms with Crippen LogP contribution in [0.3, 0.4) is 0 Å². The molecule has 3 aromatic carbocycles. The smallest absolute Gasteiger partial charge is 0.243 e. The van der Waals surface area contributed by atoms with E-state index in [1.807, 2.05) is 74.5 Å². The number of nitrogens with one attached hydrogen (secondary N) is 1. The van der Waals surface area contributed by atoms with Crippen LogP contribution in [0.5, 0.6) is 0 Å². The van der Waals surface area contributed by atoms with E-state index in [0.29, 0.717) is 17.7 Å². The summed E-state index contributed by atoms with van der Waals surface area (Å²) in [5.41, 5.74) is 2.46. The number of thioether (sulfide) groups is 1.